The minimum Gasteiger partial charge on any atom is -0.395 e. The number of pyridine rings is 1. The van der Waals surface area contributed by atoms with E-state index in [9.17, 15) is 0 Å². The van der Waals surface area contributed by atoms with E-state index in [1.807, 2.05) is 11.0 Å². The van der Waals surface area contributed by atoms with E-state index in [1.54, 1.807) is 19.4 Å². The van der Waals surface area contributed by atoms with Crippen molar-refractivity contribution >= 4 is 11.5 Å². The van der Waals surface area contributed by atoms with Crippen LogP contribution in [0.1, 0.15) is 5.69 Å². The van der Waals surface area contributed by atoms with E-state index in [0.29, 0.717) is 25.4 Å². The number of amidine groups is 1. The first-order chi connectivity index (χ1) is 8.19. The summed E-state index contributed by atoms with van der Waals surface area (Å²) in [7, 11) is 1.63. The molecule has 0 aliphatic heterocycles. The molecule has 94 valence electrons. The lowest BCUT2D eigenvalue weighted by Gasteiger charge is -2.23. The Hall–Kier alpha value is -1.66. The number of nitrogens with one attached hydrogen (secondary N) is 1. The highest BCUT2D eigenvalue weighted by molar-refractivity contribution is 5.93. The van der Waals surface area contributed by atoms with Crippen molar-refractivity contribution in [2.75, 3.05) is 38.3 Å². The number of nitrogens with two attached hydrogens (primary N) is 1. The molecule has 0 aliphatic carbocycles. The highest BCUT2D eigenvalue weighted by Crippen LogP contribution is 2.12. The zero-order valence-electron chi connectivity index (χ0n) is 9.89. The zero-order chi connectivity index (χ0) is 12.7. The number of aliphatic hydroxyl groups excluding tert-OH is 1. The summed E-state index contributed by atoms with van der Waals surface area (Å²) >= 11 is 0. The summed E-state index contributed by atoms with van der Waals surface area (Å²) in [4.78, 5) is 6.03. The Morgan fingerprint density at radius 3 is 2.76 bits per heavy atom. The van der Waals surface area contributed by atoms with E-state index in [2.05, 4.69) is 4.98 Å². The van der Waals surface area contributed by atoms with E-state index in [0.717, 1.165) is 5.69 Å². The van der Waals surface area contributed by atoms with Gasteiger partial charge in [0.25, 0.3) is 0 Å². The van der Waals surface area contributed by atoms with Crippen molar-refractivity contribution in [3.05, 3.63) is 24.0 Å². The van der Waals surface area contributed by atoms with E-state index in [4.69, 9.17) is 21.0 Å². The molecule has 6 heteroatoms. The molecule has 17 heavy (non-hydrogen) atoms. The van der Waals surface area contributed by atoms with Crippen LogP contribution in [0.2, 0.25) is 0 Å². The third-order valence-electron chi connectivity index (χ3n) is 2.32. The van der Waals surface area contributed by atoms with E-state index in [-0.39, 0.29) is 12.4 Å². The van der Waals surface area contributed by atoms with Crippen molar-refractivity contribution in [3.8, 4) is 0 Å². The molecule has 6 nitrogen and oxygen atoms in total. The van der Waals surface area contributed by atoms with Crippen LogP contribution >= 0.6 is 0 Å². The maximum absolute atomic E-state index is 8.98. The maximum Gasteiger partial charge on any atom is 0.141 e. The van der Waals surface area contributed by atoms with E-state index < -0.39 is 0 Å². The zero-order valence-corrected chi connectivity index (χ0v) is 9.89. The number of aromatic nitrogens is 1. The lowest BCUT2D eigenvalue weighted by Crippen LogP contribution is -2.30. The second-order valence-electron chi connectivity index (χ2n) is 3.52. The highest BCUT2D eigenvalue weighted by Gasteiger charge is 2.06. The number of nitrogens with zero attached hydrogens (tertiary/aromatic N) is 2. The Balaban J connectivity index is 2.75. The van der Waals surface area contributed by atoms with Crippen molar-refractivity contribution < 1.29 is 9.84 Å². The fourth-order valence-electron chi connectivity index (χ4n) is 1.42. The lowest BCUT2D eigenvalue weighted by atomic mass is 10.3. The Kier molecular flexibility index (Phi) is 5.38. The van der Waals surface area contributed by atoms with Gasteiger partial charge in [-0.1, -0.05) is 0 Å². The number of rotatable bonds is 7. The fourth-order valence-corrected chi connectivity index (χ4v) is 1.42. The van der Waals surface area contributed by atoms with Crippen LogP contribution in [0.5, 0.6) is 0 Å². The molecule has 0 bridgehead atoms. The van der Waals surface area contributed by atoms with Gasteiger partial charge >= 0.3 is 0 Å². The summed E-state index contributed by atoms with van der Waals surface area (Å²) in [6.07, 6.45) is 1.64. The van der Waals surface area contributed by atoms with Gasteiger partial charge in [-0.05, 0) is 12.1 Å². The van der Waals surface area contributed by atoms with Gasteiger partial charge in [0.05, 0.1) is 25.1 Å². The molecule has 0 radical (unpaired) electrons. The van der Waals surface area contributed by atoms with Crippen LogP contribution in [0.4, 0.5) is 5.69 Å². The predicted molar refractivity (Wildman–Crippen MR) is 66.4 cm³/mol. The predicted octanol–water partition coefficient (Wildman–Crippen LogP) is -0.189. The summed E-state index contributed by atoms with van der Waals surface area (Å²) in [5.74, 6) is -0.0536. The maximum atomic E-state index is 8.98. The number of ether oxygens (including phenoxy) is 1. The molecule has 0 saturated carbocycles. The molecule has 1 aromatic rings. The van der Waals surface area contributed by atoms with Crippen LogP contribution < -0.4 is 10.6 Å². The third kappa shape index (κ3) is 4.01. The molecule has 0 aliphatic rings. The molecule has 0 amide bonds. The van der Waals surface area contributed by atoms with E-state index in [1.165, 1.54) is 0 Å². The summed E-state index contributed by atoms with van der Waals surface area (Å²) in [5.41, 5.74) is 6.65. The molecule has 0 saturated heterocycles. The number of methoxy groups -OCH3 is 1. The lowest BCUT2D eigenvalue weighted by molar-refractivity contribution is 0.203. The molecule has 0 fully saturated rings. The molecule has 1 rings (SSSR count). The standard InChI is InChI=1S/C11H18N4O2/c1-17-7-5-15(4-6-16)9-2-3-10(11(12)13)14-8-9/h2-3,8,16H,4-7H2,1H3,(H3,12,13). The Morgan fingerprint density at radius 1 is 1.53 bits per heavy atom. The summed E-state index contributed by atoms with van der Waals surface area (Å²) in [6.45, 7) is 1.84. The fraction of sp³-hybridized carbons (Fsp3) is 0.455. The van der Waals surface area contributed by atoms with Gasteiger partial charge < -0.3 is 20.5 Å². The molecule has 0 unspecified atom stereocenters. The van der Waals surface area contributed by atoms with Crippen LogP contribution in [0, 0.1) is 5.41 Å². The van der Waals surface area contributed by atoms with Gasteiger partial charge in [-0.15, -0.1) is 0 Å². The van der Waals surface area contributed by atoms with Crippen LogP contribution in [0.3, 0.4) is 0 Å². The summed E-state index contributed by atoms with van der Waals surface area (Å²) in [6, 6.07) is 3.52. The monoisotopic (exact) mass is 238 g/mol. The normalized spacial score (nSPS) is 10.2. The minimum atomic E-state index is -0.0536. The summed E-state index contributed by atoms with van der Waals surface area (Å²) < 4.78 is 5.00. The molecular weight excluding hydrogens is 220 g/mol. The van der Waals surface area contributed by atoms with Gasteiger partial charge in [-0.25, -0.2) is 0 Å². The molecule has 1 heterocycles. The SMILES string of the molecule is COCCN(CCO)c1ccc(C(=N)N)nc1. The molecule has 0 aromatic carbocycles. The molecular formula is C11H18N4O2. The highest BCUT2D eigenvalue weighted by atomic mass is 16.5. The average molecular weight is 238 g/mol. The second kappa shape index (κ2) is 6.82. The number of anilines is 1. The topological polar surface area (TPSA) is 95.5 Å². The van der Waals surface area contributed by atoms with Crippen LogP contribution in [-0.2, 0) is 4.74 Å². The largest absolute Gasteiger partial charge is 0.395 e. The average Bonchev–Trinajstić information content (AvgIpc) is 2.34. The molecule has 0 atom stereocenters. The Bertz CT molecular complexity index is 353. The van der Waals surface area contributed by atoms with Crippen molar-refractivity contribution in [1.82, 2.24) is 4.98 Å². The number of nitrogen functional groups attached to an aromatic ring is 1. The van der Waals surface area contributed by atoms with Gasteiger partial charge in [0.15, 0.2) is 0 Å². The van der Waals surface area contributed by atoms with Gasteiger partial charge in [-0.2, -0.15) is 0 Å². The smallest absolute Gasteiger partial charge is 0.141 e. The van der Waals surface area contributed by atoms with Gasteiger partial charge in [0.1, 0.15) is 11.5 Å². The van der Waals surface area contributed by atoms with Crippen molar-refractivity contribution in [2.45, 2.75) is 0 Å². The Labute approximate surface area is 101 Å². The van der Waals surface area contributed by atoms with Crippen LogP contribution in [0.25, 0.3) is 0 Å². The molecule has 1 aromatic heterocycles. The number of aliphatic hydroxyl groups is 1. The van der Waals surface area contributed by atoms with Crippen molar-refractivity contribution in [3.63, 3.8) is 0 Å². The van der Waals surface area contributed by atoms with Crippen LogP contribution in [-0.4, -0.2) is 49.3 Å². The first kappa shape index (κ1) is 13.4. The van der Waals surface area contributed by atoms with Crippen LogP contribution in [0.15, 0.2) is 18.3 Å². The third-order valence-corrected chi connectivity index (χ3v) is 2.32. The first-order valence-electron chi connectivity index (χ1n) is 5.34. The van der Waals surface area contributed by atoms with E-state index >= 15 is 0 Å². The molecule has 4 N–H and O–H groups in total. The quantitative estimate of drug-likeness (QED) is 0.452. The Morgan fingerprint density at radius 2 is 2.29 bits per heavy atom. The van der Waals surface area contributed by atoms with Gasteiger partial charge in [-0.3, -0.25) is 10.4 Å². The van der Waals surface area contributed by atoms with Crippen molar-refractivity contribution in [2.24, 2.45) is 5.73 Å². The van der Waals surface area contributed by atoms with Crippen molar-refractivity contribution in [1.29, 1.82) is 5.41 Å². The number of hydrogen-bond acceptors (Lipinski definition) is 5. The van der Waals surface area contributed by atoms with Gasteiger partial charge in [0, 0.05) is 20.2 Å². The van der Waals surface area contributed by atoms with Gasteiger partial charge in [0.2, 0.25) is 0 Å². The molecule has 0 spiro atoms. The minimum absolute atomic E-state index is 0.0536. The first-order valence-corrected chi connectivity index (χ1v) is 5.34. The second-order valence-corrected chi connectivity index (χ2v) is 3.52. The summed E-state index contributed by atoms with van der Waals surface area (Å²) in [5, 5.41) is 16.2. The number of hydrogen-bond donors (Lipinski definition) is 3.